The second-order valence-electron chi connectivity index (χ2n) is 8.31. The molecule has 0 spiro atoms. The first-order chi connectivity index (χ1) is 17.8. The first-order valence-corrected chi connectivity index (χ1v) is 12.8. The van der Waals surface area contributed by atoms with Crippen LogP contribution in [0.5, 0.6) is 0 Å². The predicted molar refractivity (Wildman–Crippen MR) is 137 cm³/mol. The summed E-state index contributed by atoms with van der Waals surface area (Å²) >= 11 is 0. The van der Waals surface area contributed by atoms with Gasteiger partial charge in [0.25, 0.3) is 15.9 Å². The predicted octanol–water partition coefficient (Wildman–Crippen LogP) is 3.97. The van der Waals surface area contributed by atoms with E-state index >= 15 is 0 Å². The molecule has 8 nitrogen and oxygen atoms in total. The number of para-hydroxylation sites is 1. The number of sulfonamides is 1. The van der Waals surface area contributed by atoms with Gasteiger partial charge in [-0.1, -0.05) is 36.4 Å². The molecule has 0 unspecified atom stereocenters. The third kappa shape index (κ3) is 4.78. The molecule has 2 heterocycles. The van der Waals surface area contributed by atoms with Gasteiger partial charge < -0.3 is 10.6 Å². The Balaban J connectivity index is 1.38. The zero-order chi connectivity index (χ0) is 26.0. The number of halogens is 1. The fraction of sp³-hybridized carbons (Fsp3) is 0.0741. The lowest BCUT2D eigenvalue weighted by atomic mass is 10.0. The molecule has 5 rings (SSSR count). The standard InChI is InChI=1S/C27H21FN4O4S/c28-19-11-12-24-22(14-19)20-7-2-4-10-25(20)37(35,36)32(24)17-26(33)31-23-9-3-1-8-21(23)27(34)30-16-18-6-5-13-29-15-18/h1-15H,16-17H2,(H,30,34)(H,31,33). The number of hydrogen-bond donors (Lipinski definition) is 2. The number of rotatable bonds is 6. The molecule has 0 saturated carbocycles. The van der Waals surface area contributed by atoms with Gasteiger partial charge >= 0.3 is 0 Å². The SMILES string of the molecule is O=C(CN1c2ccc(F)cc2-c2ccccc2S1(=O)=O)Nc1ccccc1C(=O)NCc1cccnc1. The fourth-order valence-electron chi connectivity index (χ4n) is 4.16. The quantitative estimate of drug-likeness (QED) is 0.403. The number of fused-ring (bicyclic) bond motifs is 3. The molecule has 3 aromatic carbocycles. The average molecular weight is 517 g/mol. The summed E-state index contributed by atoms with van der Waals surface area (Å²) in [6, 6.07) is 20.0. The van der Waals surface area contributed by atoms with E-state index in [2.05, 4.69) is 15.6 Å². The topological polar surface area (TPSA) is 108 Å². The van der Waals surface area contributed by atoms with Crippen LogP contribution in [0.2, 0.25) is 0 Å². The lowest BCUT2D eigenvalue weighted by molar-refractivity contribution is -0.114. The summed E-state index contributed by atoms with van der Waals surface area (Å²) in [5.74, 6) is -1.60. The summed E-state index contributed by atoms with van der Waals surface area (Å²) in [4.78, 5) is 29.9. The summed E-state index contributed by atoms with van der Waals surface area (Å²) < 4.78 is 41.8. The Morgan fingerprint density at radius 2 is 1.70 bits per heavy atom. The molecule has 1 aliphatic rings. The van der Waals surface area contributed by atoms with Crippen LogP contribution >= 0.6 is 0 Å². The van der Waals surface area contributed by atoms with Crippen molar-refractivity contribution in [1.82, 2.24) is 10.3 Å². The zero-order valence-corrected chi connectivity index (χ0v) is 20.2. The monoisotopic (exact) mass is 516 g/mol. The van der Waals surface area contributed by atoms with Crippen LogP contribution in [0.3, 0.4) is 0 Å². The van der Waals surface area contributed by atoms with Gasteiger partial charge in [-0.15, -0.1) is 0 Å². The molecular weight excluding hydrogens is 495 g/mol. The van der Waals surface area contributed by atoms with Crippen LogP contribution in [0.4, 0.5) is 15.8 Å². The van der Waals surface area contributed by atoms with Crippen LogP contribution in [0.15, 0.2) is 96.2 Å². The molecule has 1 aliphatic heterocycles. The molecule has 1 aromatic heterocycles. The Hall–Kier alpha value is -4.57. The summed E-state index contributed by atoms with van der Waals surface area (Å²) in [6.45, 7) is -0.325. The van der Waals surface area contributed by atoms with Crippen molar-refractivity contribution in [3.63, 3.8) is 0 Å². The van der Waals surface area contributed by atoms with Crippen LogP contribution < -0.4 is 14.9 Å². The van der Waals surface area contributed by atoms with Crippen molar-refractivity contribution in [2.75, 3.05) is 16.2 Å². The van der Waals surface area contributed by atoms with E-state index in [1.165, 1.54) is 18.2 Å². The van der Waals surface area contributed by atoms with Gasteiger partial charge in [0.1, 0.15) is 12.4 Å². The first-order valence-electron chi connectivity index (χ1n) is 11.3. The van der Waals surface area contributed by atoms with Crippen molar-refractivity contribution >= 4 is 33.2 Å². The lowest BCUT2D eigenvalue weighted by Crippen LogP contribution is -2.40. The van der Waals surface area contributed by atoms with E-state index < -0.39 is 34.2 Å². The van der Waals surface area contributed by atoms with E-state index in [1.807, 2.05) is 6.07 Å². The molecule has 0 aliphatic carbocycles. The van der Waals surface area contributed by atoms with Gasteiger partial charge in [-0.25, -0.2) is 12.8 Å². The van der Waals surface area contributed by atoms with Gasteiger partial charge in [0.2, 0.25) is 5.91 Å². The van der Waals surface area contributed by atoms with Crippen LogP contribution in [0, 0.1) is 5.82 Å². The number of amides is 2. The molecule has 37 heavy (non-hydrogen) atoms. The minimum atomic E-state index is -4.10. The van der Waals surface area contributed by atoms with E-state index in [-0.39, 0.29) is 28.4 Å². The molecule has 0 saturated heterocycles. The number of anilines is 2. The number of benzene rings is 3. The van der Waals surface area contributed by atoms with Gasteiger partial charge in [-0.3, -0.25) is 18.9 Å². The van der Waals surface area contributed by atoms with E-state index in [9.17, 15) is 22.4 Å². The maximum absolute atomic E-state index is 14.1. The minimum Gasteiger partial charge on any atom is -0.348 e. The number of aromatic nitrogens is 1. The highest BCUT2D eigenvalue weighted by Crippen LogP contribution is 2.43. The number of nitrogens with zero attached hydrogens (tertiary/aromatic N) is 2. The maximum Gasteiger partial charge on any atom is 0.265 e. The Labute approximate surface area is 212 Å². The molecule has 10 heteroatoms. The molecule has 2 N–H and O–H groups in total. The normalized spacial score (nSPS) is 13.3. The van der Waals surface area contributed by atoms with Crippen molar-refractivity contribution in [3.8, 4) is 11.1 Å². The fourth-order valence-corrected chi connectivity index (χ4v) is 5.81. The zero-order valence-electron chi connectivity index (χ0n) is 19.4. The second kappa shape index (κ2) is 9.82. The van der Waals surface area contributed by atoms with Crippen molar-refractivity contribution in [3.05, 3.63) is 108 Å². The number of hydrogen-bond acceptors (Lipinski definition) is 5. The number of carbonyl (C=O) groups excluding carboxylic acids is 2. The molecule has 0 fully saturated rings. The third-order valence-corrected chi connectivity index (χ3v) is 7.70. The van der Waals surface area contributed by atoms with Crippen LogP contribution in [0.25, 0.3) is 11.1 Å². The molecule has 0 radical (unpaired) electrons. The summed E-state index contributed by atoms with van der Waals surface area (Å²) in [5.41, 5.74) is 2.18. The van der Waals surface area contributed by atoms with Crippen molar-refractivity contribution in [1.29, 1.82) is 0 Å². The van der Waals surface area contributed by atoms with E-state index in [0.717, 1.165) is 15.9 Å². The van der Waals surface area contributed by atoms with Crippen LogP contribution in [0.1, 0.15) is 15.9 Å². The van der Waals surface area contributed by atoms with Gasteiger partial charge in [0.05, 0.1) is 21.8 Å². The van der Waals surface area contributed by atoms with Gasteiger partial charge in [0.15, 0.2) is 0 Å². The summed E-state index contributed by atoms with van der Waals surface area (Å²) in [6.07, 6.45) is 3.26. The van der Waals surface area contributed by atoms with Gasteiger partial charge in [0, 0.05) is 30.1 Å². The van der Waals surface area contributed by atoms with Crippen molar-refractivity contribution in [2.45, 2.75) is 11.4 Å². The molecule has 186 valence electrons. The summed E-state index contributed by atoms with van der Waals surface area (Å²) in [7, 11) is -4.10. The van der Waals surface area contributed by atoms with Crippen LogP contribution in [-0.2, 0) is 21.4 Å². The lowest BCUT2D eigenvalue weighted by Gasteiger charge is -2.31. The smallest absolute Gasteiger partial charge is 0.265 e. The van der Waals surface area contributed by atoms with Gasteiger partial charge in [-0.05, 0) is 48.0 Å². The number of carbonyl (C=O) groups is 2. The van der Waals surface area contributed by atoms with E-state index in [1.54, 1.807) is 60.9 Å². The van der Waals surface area contributed by atoms with Crippen LogP contribution in [-0.4, -0.2) is 31.8 Å². The summed E-state index contributed by atoms with van der Waals surface area (Å²) in [5, 5.41) is 5.43. The molecule has 2 amide bonds. The average Bonchev–Trinajstić information content (AvgIpc) is 2.91. The van der Waals surface area contributed by atoms with Crippen molar-refractivity contribution < 1.29 is 22.4 Å². The molecule has 0 atom stereocenters. The molecule has 0 bridgehead atoms. The second-order valence-corrected chi connectivity index (χ2v) is 10.1. The third-order valence-electron chi connectivity index (χ3n) is 5.88. The molecule has 4 aromatic rings. The minimum absolute atomic E-state index is 0.0175. The number of nitrogens with one attached hydrogen (secondary N) is 2. The van der Waals surface area contributed by atoms with E-state index in [0.29, 0.717) is 11.1 Å². The van der Waals surface area contributed by atoms with E-state index in [4.69, 9.17) is 0 Å². The molecular formula is C27H21FN4O4S. The Kier molecular flexibility index (Phi) is 6.41. The van der Waals surface area contributed by atoms with Gasteiger partial charge in [-0.2, -0.15) is 0 Å². The Morgan fingerprint density at radius 1 is 0.919 bits per heavy atom. The highest BCUT2D eigenvalue weighted by molar-refractivity contribution is 7.93. The van der Waals surface area contributed by atoms with Crippen molar-refractivity contribution in [2.24, 2.45) is 0 Å². The highest BCUT2D eigenvalue weighted by atomic mass is 32.2. The Morgan fingerprint density at radius 3 is 2.51 bits per heavy atom. The maximum atomic E-state index is 14.1. The largest absolute Gasteiger partial charge is 0.348 e. The first kappa shape index (κ1) is 24.1. The Bertz CT molecular complexity index is 1610. The number of pyridine rings is 1. The highest BCUT2D eigenvalue weighted by Gasteiger charge is 2.36.